The van der Waals surface area contributed by atoms with E-state index in [9.17, 15) is 0 Å². The van der Waals surface area contributed by atoms with Crippen LogP contribution in [0.5, 0.6) is 0 Å². The van der Waals surface area contributed by atoms with Crippen molar-refractivity contribution in [3.63, 3.8) is 0 Å². The molecule has 1 aliphatic rings. The van der Waals surface area contributed by atoms with Gasteiger partial charge in [0, 0.05) is 56.0 Å². The summed E-state index contributed by atoms with van der Waals surface area (Å²) in [5.74, 6) is 0.675. The zero-order chi connectivity index (χ0) is 17.6. The van der Waals surface area contributed by atoms with Gasteiger partial charge in [-0.1, -0.05) is 26.7 Å². The van der Waals surface area contributed by atoms with Crippen LogP contribution in [0, 0.1) is 5.92 Å². The van der Waals surface area contributed by atoms with Crippen LogP contribution in [-0.2, 0) is 18.3 Å². The number of aryl methyl sites for hydroxylation is 1. The number of rotatable bonds is 7. The van der Waals surface area contributed by atoms with Gasteiger partial charge < -0.3 is 10.1 Å². The summed E-state index contributed by atoms with van der Waals surface area (Å²) >= 11 is 0. The van der Waals surface area contributed by atoms with Crippen LogP contribution in [0.2, 0.25) is 0 Å². The normalized spacial score (nSPS) is 21.0. The predicted molar refractivity (Wildman–Crippen MR) is 100 cm³/mol. The van der Waals surface area contributed by atoms with E-state index in [1.807, 2.05) is 24.0 Å². The number of nitrogens with one attached hydrogen (secondary N) is 1. The topological polar surface area (TPSA) is 52.0 Å². The van der Waals surface area contributed by atoms with Crippen LogP contribution in [0.15, 0.2) is 30.7 Å². The molecule has 0 saturated carbocycles. The van der Waals surface area contributed by atoms with E-state index in [2.05, 4.69) is 41.5 Å². The average molecular weight is 342 g/mol. The summed E-state index contributed by atoms with van der Waals surface area (Å²) in [6.07, 6.45) is 10.8. The minimum Gasteiger partial charge on any atom is -0.378 e. The molecule has 1 N–H and O–H groups in total. The van der Waals surface area contributed by atoms with Gasteiger partial charge in [0.1, 0.15) is 0 Å². The fourth-order valence-electron chi connectivity index (χ4n) is 3.82. The van der Waals surface area contributed by atoms with E-state index >= 15 is 0 Å². The second kappa shape index (κ2) is 8.59. The molecule has 1 saturated heterocycles. The monoisotopic (exact) mass is 342 g/mol. The van der Waals surface area contributed by atoms with Crippen molar-refractivity contribution in [2.75, 3.05) is 6.61 Å². The Morgan fingerprint density at radius 3 is 2.92 bits per heavy atom. The lowest BCUT2D eigenvalue weighted by molar-refractivity contribution is -0.0350. The minimum absolute atomic E-state index is 0.396. The number of ether oxygens (including phenoxy) is 1. The smallest absolute Gasteiger partial charge is 0.0983 e. The zero-order valence-corrected chi connectivity index (χ0v) is 15.6. The minimum atomic E-state index is 0.396. The van der Waals surface area contributed by atoms with Crippen molar-refractivity contribution in [2.45, 2.75) is 58.2 Å². The molecule has 1 aliphatic heterocycles. The molecule has 5 nitrogen and oxygen atoms in total. The number of hydrogen-bond acceptors (Lipinski definition) is 4. The summed E-state index contributed by atoms with van der Waals surface area (Å²) in [5.41, 5.74) is 3.31. The molecule has 136 valence electrons. The Labute approximate surface area is 150 Å². The van der Waals surface area contributed by atoms with Gasteiger partial charge in [-0.3, -0.25) is 9.67 Å². The number of nitrogens with zero attached hydrogens (tertiary/aromatic N) is 3. The van der Waals surface area contributed by atoms with Crippen molar-refractivity contribution < 1.29 is 4.74 Å². The Morgan fingerprint density at radius 1 is 1.36 bits per heavy atom. The highest BCUT2D eigenvalue weighted by Gasteiger charge is 2.27. The molecule has 2 atom stereocenters. The predicted octanol–water partition coefficient (Wildman–Crippen LogP) is 3.56. The highest BCUT2D eigenvalue weighted by Crippen LogP contribution is 2.26. The lowest BCUT2D eigenvalue weighted by Crippen LogP contribution is -2.41. The summed E-state index contributed by atoms with van der Waals surface area (Å²) in [4.78, 5) is 4.22. The van der Waals surface area contributed by atoms with Crippen molar-refractivity contribution in [3.05, 3.63) is 36.3 Å². The van der Waals surface area contributed by atoms with Gasteiger partial charge in [-0.25, -0.2) is 0 Å². The quantitative estimate of drug-likeness (QED) is 0.836. The van der Waals surface area contributed by atoms with Crippen LogP contribution in [-0.4, -0.2) is 33.5 Å². The molecule has 0 bridgehead atoms. The van der Waals surface area contributed by atoms with Gasteiger partial charge in [0.15, 0.2) is 0 Å². The van der Waals surface area contributed by atoms with Crippen LogP contribution in [0.25, 0.3) is 11.3 Å². The Morgan fingerprint density at radius 2 is 2.20 bits per heavy atom. The first kappa shape index (κ1) is 18.1. The first-order valence-corrected chi connectivity index (χ1v) is 9.49. The molecular weight excluding hydrogens is 312 g/mol. The van der Waals surface area contributed by atoms with E-state index in [1.165, 1.54) is 18.4 Å². The first-order chi connectivity index (χ1) is 12.2. The summed E-state index contributed by atoms with van der Waals surface area (Å²) in [6, 6.07) is 4.54. The third-order valence-electron chi connectivity index (χ3n) is 5.31. The first-order valence-electron chi connectivity index (χ1n) is 9.49. The standard InChI is InChI=1S/C20H30N4O/c1-4-15(5-2)19-11-18(8-10-25-19)22-13-17-14-24(3)23-20(17)16-7-6-9-21-12-16/h6-7,9,12,14-15,18-19,22H,4-5,8,10-11,13H2,1-3H3/t18-,19+/m1/s1. The molecule has 25 heavy (non-hydrogen) atoms. The van der Waals surface area contributed by atoms with Gasteiger partial charge >= 0.3 is 0 Å². The second-order valence-corrected chi connectivity index (χ2v) is 7.01. The van der Waals surface area contributed by atoms with E-state index in [1.54, 1.807) is 6.20 Å². The Bertz CT molecular complexity index is 651. The number of aromatic nitrogens is 3. The molecule has 2 aromatic rings. The zero-order valence-electron chi connectivity index (χ0n) is 15.6. The molecule has 0 unspecified atom stereocenters. The summed E-state index contributed by atoms with van der Waals surface area (Å²) in [6.45, 7) is 6.23. The Balaban J connectivity index is 1.64. The van der Waals surface area contributed by atoms with Gasteiger partial charge in [-0.2, -0.15) is 5.10 Å². The van der Waals surface area contributed by atoms with Crippen LogP contribution >= 0.6 is 0 Å². The lowest BCUT2D eigenvalue weighted by Gasteiger charge is -2.34. The van der Waals surface area contributed by atoms with Crippen LogP contribution < -0.4 is 5.32 Å². The summed E-state index contributed by atoms with van der Waals surface area (Å²) in [7, 11) is 1.97. The average Bonchev–Trinajstić information content (AvgIpc) is 3.03. The van der Waals surface area contributed by atoms with Crippen molar-refractivity contribution in [1.82, 2.24) is 20.1 Å². The SMILES string of the molecule is CCC(CC)[C@@H]1C[C@H](NCc2cn(C)nc2-c2cccnc2)CCO1. The van der Waals surface area contributed by atoms with Crippen LogP contribution in [0.3, 0.4) is 0 Å². The summed E-state index contributed by atoms with van der Waals surface area (Å²) in [5, 5.41) is 8.37. The van der Waals surface area contributed by atoms with E-state index in [4.69, 9.17) is 4.74 Å². The van der Waals surface area contributed by atoms with Crippen molar-refractivity contribution >= 4 is 0 Å². The number of hydrogen-bond donors (Lipinski definition) is 1. The second-order valence-electron chi connectivity index (χ2n) is 7.01. The molecule has 2 aromatic heterocycles. The molecule has 1 fully saturated rings. The lowest BCUT2D eigenvalue weighted by atomic mass is 9.89. The van der Waals surface area contributed by atoms with E-state index in [-0.39, 0.29) is 0 Å². The third-order valence-corrected chi connectivity index (χ3v) is 5.31. The third kappa shape index (κ3) is 4.47. The van der Waals surface area contributed by atoms with Gasteiger partial charge in [-0.05, 0) is 30.9 Å². The van der Waals surface area contributed by atoms with Crippen molar-refractivity contribution in [2.24, 2.45) is 13.0 Å². The molecule has 5 heteroatoms. The van der Waals surface area contributed by atoms with Gasteiger partial charge in [-0.15, -0.1) is 0 Å². The highest BCUT2D eigenvalue weighted by molar-refractivity contribution is 5.61. The maximum atomic E-state index is 6.04. The Kier molecular flexibility index (Phi) is 6.21. The van der Waals surface area contributed by atoms with Crippen LogP contribution in [0.4, 0.5) is 0 Å². The van der Waals surface area contributed by atoms with Crippen molar-refractivity contribution in [1.29, 1.82) is 0 Å². The summed E-state index contributed by atoms with van der Waals surface area (Å²) < 4.78 is 7.92. The highest BCUT2D eigenvalue weighted by atomic mass is 16.5. The van der Waals surface area contributed by atoms with E-state index < -0.39 is 0 Å². The van der Waals surface area contributed by atoms with Gasteiger partial charge in [0.2, 0.25) is 0 Å². The Hall–Kier alpha value is -1.72. The van der Waals surface area contributed by atoms with E-state index in [0.29, 0.717) is 18.1 Å². The molecule has 0 aromatic carbocycles. The molecule has 3 heterocycles. The van der Waals surface area contributed by atoms with Crippen molar-refractivity contribution in [3.8, 4) is 11.3 Å². The van der Waals surface area contributed by atoms with Gasteiger partial charge in [0.25, 0.3) is 0 Å². The molecule has 0 spiro atoms. The molecule has 0 amide bonds. The maximum absolute atomic E-state index is 6.04. The van der Waals surface area contributed by atoms with E-state index in [0.717, 1.165) is 37.3 Å². The molecule has 3 rings (SSSR count). The fourth-order valence-corrected chi connectivity index (χ4v) is 3.82. The van der Waals surface area contributed by atoms with Gasteiger partial charge in [0.05, 0.1) is 11.8 Å². The molecule has 0 radical (unpaired) electrons. The molecular formula is C20H30N4O. The fraction of sp³-hybridized carbons (Fsp3) is 0.600. The number of pyridine rings is 1. The maximum Gasteiger partial charge on any atom is 0.0983 e. The molecule has 0 aliphatic carbocycles. The largest absolute Gasteiger partial charge is 0.378 e. The van der Waals surface area contributed by atoms with Crippen LogP contribution in [0.1, 0.15) is 45.1 Å².